The van der Waals surface area contributed by atoms with E-state index in [2.05, 4.69) is 22.2 Å². The van der Waals surface area contributed by atoms with E-state index < -0.39 is 0 Å². The molecule has 1 unspecified atom stereocenters. The third-order valence-electron chi connectivity index (χ3n) is 1.73. The summed E-state index contributed by atoms with van der Waals surface area (Å²) in [6.45, 7) is 3.55. The van der Waals surface area contributed by atoms with Gasteiger partial charge in [0, 0.05) is 0 Å². The summed E-state index contributed by atoms with van der Waals surface area (Å²) >= 11 is 0. The van der Waals surface area contributed by atoms with Crippen molar-refractivity contribution in [1.82, 2.24) is 5.32 Å². The van der Waals surface area contributed by atoms with Crippen molar-refractivity contribution in [2.24, 2.45) is 5.92 Å². The number of hydrogen-bond acceptors (Lipinski definition) is 4. The largest absolute Gasteiger partial charge is 0.319 e. The zero-order valence-electron chi connectivity index (χ0n) is 7.17. The molecule has 0 aromatic heterocycles. The molecule has 0 saturated carbocycles. The van der Waals surface area contributed by atoms with Gasteiger partial charge in [-0.1, -0.05) is 18.4 Å². The summed E-state index contributed by atoms with van der Waals surface area (Å²) in [6.07, 6.45) is 2.01. The normalized spacial score (nSPS) is 13.4. The van der Waals surface area contributed by atoms with Crippen LogP contribution >= 0.6 is 0 Å². The minimum Gasteiger partial charge on any atom is -0.319 e. The molecule has 0 fully saturated rings. The molecule has 0 radical (unpaired) electrons. The van der Waals surface area contributed by atoms with Crippen LogP contribution in [-0.4, -0.2) is 25.5 Å². The molecule has 0 aromatic rings. The quantitative estimate of drug-likeness (QED) is 0.334. The second kappa shape index (κ2) is 7.94. The van der Waals surface area contributed by atoms with E-state index in [4.69, 9.17) is 5.26 Å². The van der Waals surface area contributed by atoms with Gasteiger partial charge in [0.05, 0.1) is 6.61 Å². The zero-order chi connectivity index (χ0) is 8.53. The van der Waals surface area contributed by atoms with Crippen LogP contribution in [0.2, 0.25) is 0 Å². The van der Waals surface area contributed by atoms with Gasteiger partial charge in [0.25, 0.3) is 0 Å². The van der Waals surface area contributed by atoms with Crippen molar-refractivity contribution < 1.29 is 15.2 Å². The smallest absolute Gasteiger partial charge is 0.0856 e. The Morgan fingerprint density at radius 3 is 2.73 bits per heavy atom. The maximum absolute atomic E-state index is 7.84. The van der Waals surface area contributed by atoms with E-state index in [1.807, 2.05) is 7.05 Å². The van der Waals surface area contributed by atoms with E-state index in [0.717, 1.165) is 19.4 Å². The highest BCUT2D eigenvalue weighted by atomic mass is 17.5. The van der Waals surface area contributed by atoms with Crippen molar-refractivity contribution in [3.8, 4) is 0 Å². The highest BCUT2D eigenvalue weighted by Crippen LogP contribution is 2.06. The SMILES string of the molecule is CCC(CCOOO)CNC. The predicted molar refractivity (Wildman–Crippen MR) is 42.0 cm³/mol. The Bertz CT molecular complexity index is 80.1. The Balaban J connectivity index is 3.20. The molecular formula is C7H17NO3. The van der Waals surface area contributed by atoms with E-state index in [0.29, 0.717) is 12.5 Å². The molecule has 0 heterocycles. The fraction of sp³-hybridized carbons (Fsp3) is 1.00. The summed E-state index contributed by atoms with van der Waals surface area (Å²) in [6, 6.07) is 0. The van der Waals surface area contributed by atoms with Crippen LogP contribution in [0.25, 0.3) is 0 Å². The summed E-state index contributed by atoms with van der Waals surface area (Å²) in [5, 5.41) is 14.4. The van der Waals surface area contributed by atoms with E-state index in [9.17, 15) is 0 Å². The maximum Gasteiger partial charge on any atom is 0.0856 e. The second-order valence-corrected chi connectivity index (χ2v) is 2.52. The standard InChI is InChI=1S/C7H17NO3/c1-3-7(6-8-2)4-5-10-11-9/h7-9H,3-6H2,1-2H3. The molecule has 11 heavy (non-hydrogen) atoms. The molecule has 1 atom stereocenters. The Kier molecular flexibility index (Phi) is 7.83. The van der Waals surface area contributed by atoms with E-state index in [1.165, 1.54) is 0 Å². The molecular weight excluding hydrogens is 146 g/mol. The molecule has 2 N–H and O–H groups in total. The minimum atomic E-state index is 0.441. The van der Waals surface area contributed by atoms with Crippen molar-refractivity contribution in [1.29, 1.82) is 0 Å². The van der Waals surface area contributed by atoms with Gasteiger partial charge in [-0.25, -0.2) is 10.1 Å². The van der Waals surface area contributed by atoms with Crippen LogP contribution in [0.3, 0.4) is 0 Å². The Morgan fingerprint density at radius 2 is 2.27 bits per heavy atom. The molecule has 4 nitrogen and oxygen atoms in total. The van der Waals surface area contributed by atoms with Gasteiger partial charge < -0.3 is 5.32 Å². The Morgan fingerprint density at radius 1 is 1.55 bits per heavy atom. The van der Waals surface area contributed by atoms with E-state index in [1.54, 1.807) is 0 Å². The molecule has 0 aliphatic rings. The first-order valence-corrected chi connectivity index (χ1v) is 3.92. The summed E-state index contributed by atoms with van der Waals surface area (Å²) in [5.74, 6) is 0.593. The van der Waals surface area contributed by atoms with Crippen LogP contribution in [0.15, 0.2) is 0 Å². The molecule has 0 aliphatic carbocycles. The van der Waals surface area contributed by atoms with Gasteiger partial charge in [0.1, 0.15) is 0 Å². The Labute approximate surface area is 67.4 Å². The zero-order valence-corrected chi connectivity index (χ0v) is 7.17. The van der Waals surface area contributed by atoms with Gasteiger partial charge >= 0.3 is 0 Å². The van der Waals surface area contributed by atoms with Gasteiger partial charge in [0.2, 0.25) is 0 Å². The monoisotopic (exact) mass is 163 g/mol. The highest BCUT2D eigenvalue weighted by Gasteiger charge is 2.04. The van der Waals surface area contributed by atoms with Crippen molar-refractivity contribution in [3.63, 3.8) is 0 Å². The van der Waals surface area contributed by atoms with Crippen LogP contribution < -0.4 is 5.32 Å². The lowest BCUT2D eigenvalue weighted by molar-refractivity contribution is -0.491. The molecule has 0 bridgehead atoms. The summed E-state index contributed by atoms with van der Waals surface area (Å²) in [4.78, 5) is 4.34. The first kappa shape index (κ1) is 10.8. The third-order valence-corrected chi connectivity index (χ3v) is 1.73. The third kappa shape index (κ3) is 6.25. The molecule has 0 rings (SSSR count). The molecule has 4 heteroatoms. The average Bonchev–Trinajstić information content (AvgIpc) is 2.03. The molecule has 0 aromatic carbocycles. The molecule has 0 spiro atoms. The second-order valence-electron chi connectivity index (χ2n) is 2.52. The van der Waals surface area contributed by atoms with E-state index in [-0.39, 0.29) is 0 Å². The fourth-order valence-corrected chi connectivity index (χ4v) is 0.991. The van der Waals surface area contributed by atoms with Crippen molar-refractivity contribution in [3.05, 3.63) is 0 Å². The minimum absolute atomic E-state index is 0.441. The van der Waals surface area contributed by atoms with Gasteiger partial charge in [-0.05, 0) is 25.9 Å². The van der Waals surface area contributed by atoms with Gasteiger partial charge in [-0.15, -0.1) is 0 Å². The number of nitrogens with one attached hydrogen (secondary N) is 1. The van der Waals surface area contributed by atoms with Crippen LogP contribution in [0, 0.1) is 5.92 Å². The topological polar surface area (TPSA) is 50.7 Å². The van der Waals surface area contributed by atoms with Gasteiger partial charge in [-0.3, -0.25) is 0 Å². The van der Waals surface area contributed by atoms with Gasteiger partial charge in [0.15, 0.2) is 0 Å². The van der Waals surface area contributed by atoms with Crippen molar-refractivity contribution in [2.75, 3.05) is 20.2 Å². The molecule has 0 aliphatic heterocycles. The lowest BCUT2D eigenvalue weighted by Crippen LogP contribution is -2.19. The highest BCUT2D eigenvalue weighted by molar-refractivity contribution is 4.57. The summed E-state index contributed by atoms with van der Waals surface area (Å²) in [5.41, 5.74) is 0. The van der Waals surface area contributed by atoms with Crippen LogP contribution in [0.1, 0.15) is 19.8 Å². The lowest BCUT2D eigenvalue weighted by Gasteiger charge is -2.12. The number of hydrogen-bond donors (Lipinski definition) is 2. The lowest BCUT2D eigenvalue weighted by atomic mass is 10.0. The van der Waals surface area contributed by atoms with Crippen molar-refractivity contribution >= 4 is 0 Å². The van der Waals surface area contributed by atoms with Crippen molar-refractivity contribution in [2.45, 2.75) is 19.8 Å². The van der Waals surface area contributed by atoms with Crippen LogP contribution in [0.4, 0.5) is 0 Å². The van der Waals surface area contributed by atoms with E-state index >= 15 is 0 Å². The average molecular weight is 163 g/mol. The summed E-state index contributed by atoms with van der Waals surface area (Å²) in [7, 11) is 1.92. The fourth-order valence-electron chi connectivity index (χ4n) is 0.991. The molecule has 0 amide bonds. The van der Waals surface area contributed by atoms with Crippen LogP contribution in [-0.2, 0) is 9.93 Å². The predicted octanol–water partition coefficient (Wildman–Crippen LogP) is 1.04. The maximum atomic E-state index is 7.84. The van der Waals surface area contributed by atoms with Gasteiger partial charge in [-0.2, -0.15) is 0 Å². The Hall–Kier alpha value is -0.160. The molecule has 0 saturated heterocycles. The first-order chi connectivity index (χ1) is 5.35. The summed E-state index contributed by atoms with van der Waals surface area (Å²) < 4.78 is 0. The van der Waals surface area contributed by atoms with Crippen LogP contribution in [0.5, 0.6) is 0 Å². The first-order valence-electron chi connectivity index (χ1n) is 3.92. The number of rotatable bonds is 7. The molecule has 68 valence electrons.